The Hall–Kier alpha value is -0.580. The topological polar surface area (TPSA) is 41.5 Å². The van der Waals surface area contributed by atoms with Crippen LogP contribution in [0.25, 0.3) is 0 Å². The summed E-state index contributed by atoms with van der Waals surface area (Å²) in [5, 5.41) is 13.7. The maximum Gasteiger partial charge on any atom is 0.173 e. The Bertz CT molecular complexity index is 287. The van der Waals surface area contributed by atoms with Crippen molar-refractivity contribution >= 4 is 11.3 Å². The zero-order valence-corrected chi connectivity index (χ0v) is 8.30. The number of hydrogen-bond donors (Lipinski definition) is 2. The molecule has 0 bridgehead atoms. The van der Waals surface area contributed by atoms with Crippen LogP contribution in [-0.2, 0) is 0 Å². The van der Waals surface area contributed by atoms with E-state index in [1.165, 1.54) is 4.88 Å². The van der Waals surface area contributed by atoms with Crippen molar-refractivity contribution in [3.05, 3.63) is 17.0 Å². The summed E-state index contributed by atoms with van der Waals surface area (Å²) >= 11 is 1.61. The van der Waals surface area contributed by atoms with Crippen molar-refractivity contribution in [3.63, 3.8) is 0 Å². The minimum atomic E-state index is -0.247. The lowest BCUT2D eigenvalue weighted by atomic mass is 10.1. The second kappa shape index (κ2) is 3.65. The van der Waals surface area contributed by atoms with Crippen LogP contribution in [0.4, 0.5) is 0 Å². The van der Waals surface area contributed by atoms with Crippen molar-refractivity contribution in [2.24, 2.45) is 0 Å². The molecule has 0 saturated carbocycles. The van der Waals surface area contributed by atoms with Crippen molar-refractivity contribution in [3.8, 4) is 5.06 Å². The molecule has 4 heteroatoms. The maximum absolute atomic E-state index is 9.63. The maximum atomic E-state index is 9.63. The van der Waals surface area contributed by atoms with Gasteiger partial charge in [-0.05, 0) is 12.1 Å². The molecule has 2 atom stereocenters. The van der Waals surface area contributed by atoms with Crippen LogP contribution in [0.2, 0.25) is 0 Å². The Morgan fingerprint density at radius 2 is 2.38 bits per heavy atom. The lowest BCUT2D eigenvalue weighted by Crippen LogP contribution is -2.15. The molecular formula is C9H13NO2S. The van der Waals surface area contributed by atoms with E-state index in [4.69, 9.17) is 4.74 Å². The van der Waals surface area contributed by atoms with E-state index in [9.17, 15) is 5.11 Å². The Balaban J connectivity index is 2.15. The van der Waals surface area contributed by atoms with Gasteiger partial charge in [0.2, 0.25) is 0 Å². The fraction of sp³-hybridized carbons (Fsp3) is 0.556. The Morgan fingerprint density at radius 1 is 1.54 bits per heavy atom. The van der Waals surface area contributed by atoms with Crippen molar-refractivity contribution in [1.82, 2.24) is 5.32 Å². The van der Waals surface area contributed by atoms with Gasteiger partial charge in [-0.2, -0.15) is 0 Å². The molecule has 2 heterocycles. The minimum Gasteiger partial charge on any atom is -0.487 e. The van der Waals surface area contributed by atoms with Crippen molar-refractivity contribution < 1.29 is 9.84 Å². The number of β-amino-alcohol motifs (C(OH)–C–C–N with tert-alkyl or cyclic N) is 1. The number of hydrogen-bond acceptors (Lipinski definition) is 4. The first-order valence-electron chi connectivity index (χ1n) is 4.34. The molecule has 0 unspecified atom stereocenters. The van der Waals surface area contributed by atoms with Crippen molar-refractivity contribution in [1.29, 1.82) is 0 Å². The second-order valence-corrected chi connectivity index (χ2v) is 4.27. The molecule has 1 fully saturated rings. The molecule has 3 nitrogen and oxygen atoms in total. The smallest absolute Gasteiger partial charge is 0.173 e. The van der Waals surface area contributed by atoms with Crippen LogP contribution in [0.1, 0.15) is 10.8 Å². The van der Waals surface area contributed by atoms with E-state index in [1.807, 2.05) is 12.1 Å². The van der Waals surface area contributed by atoms with Gasteiger partial charge in [-0.15, -0.1) is 11.3 Å². The number of aliphatic hydroxyl groups excluding tert-OH is 1. The van der Waals surface area contributed by atoms with E-state index in [-0.39, 0.29) is 12.0 Å². The molecule has 0 aliphatic carbocycles. The van der Waals surface area contributed by atoms with E-state index in [0.29, 0.717) is 6.54 Å². The molecule has 1 saturated heterocycles. The van der Waals surface area contributed by atoms with Crippen molar-refractivity contribution in [2.45, 2.75) is 12.0 Å². The van der Waals surface area contributed by atoms with Gasteiger partial charge in [0.1, 0.15) is 0 Å². The average Bonchev–Trinajstić information content (AvgIpc) is 2.71. The van der Waals surface area contributed by atoms with Crippen LogP contribution >= 0.6 is 11.3 Å². The fourth-order valence-electron chi connectivity index (χ4n) is 1.60. The van der Waals surface area contributed by atoms with E-state index in [2.05, 4.69) is 5.32 Å². The molecule has 72 valence electrons. The SMILES string of the molecule is COc1ccc([C@@H]2CNC[C@H]2O)s1. The second-order valence-electron chi connectivity index (χ2n) is 3.19. The van der Waals surface area contributed by atoms with Crippen LogP contribution in [0.5, 0.6) is 5.06 Å². The third-order valence-corrected chi connectivity index (χ3v) is 3.53. The highest BCUT2D eigenvalue weighted by molar-refractivity contribution is 7.13. The molecule has 0 aromatic carbocycles. The van der Waals surface area contributed by atoms with Crippen LogP contribution in [0.15, 0.2) is 12.1 Å². The third kappa shape index (κ3) is 1.70. The molecule has 1 aromatic heterocycles. The average molecular weight is 199 g/mol. The van der Waals surface area contributed by atoms with Crippen molar-refractivity contribution in [2.75, 3.05) is 20.2 Å². The van der Waals surface area contributed by atoms with E-state index >= 15 is 0 Å². The third-order valence-electron chi connectivity index (χ3n) is 2.35. The quantitative estimate of drug-likeness (QED) is 0.740. The summed E-state index contributed by atoms with van der Waals surface area (Å²) in [5.74, 6) is 0.244. The van der Waals surface area contributed by atoms with Gasteiger partial charge in [-0.25, -0.2) is 0 Å². The summed E-state index contributed by atoms with van der Waals surface area (Å²) in [6.45, 7) is 1.57. The number of methoxy groups -OCH3 is 1. The van der Waals surface area contributed by atoms with E-state index in [0.717, 1.165) is 11.6 Å². The Kier molecular flexibility index (Phi) is 2.53. The monoisotopic (exact) mass is 199 g/mol. The summed E-state index contributed by atoms with van der Waals surface area (Å²) < 4.78 is 5.11. The molecule has 1 aliphatic rings. The predicted molar refractivity (Wildman–Crippen MR) is 52.5 cm³/mol. The Labute approximate surface area is 81.3 Å². The molecule has 2 N–H and O–H groups in total. The van der Waals surface area contributed by atoms with Crippen LogP contribution in [0, 0.1) is 0 Å². The first-order valence-corrected chi connectivity index (χ1v) is 5.15. The summed E-state index contributed by atoms with van der Waals surface area (Å²) in [6.07, 6.45) is -0.247. The normalized spacial score (nSPS) is 27.8. The largest absolute Gasteiger partial charge is 0.487 e. The van der Waals surface area contributed by atoms with Gasteiger partial charge in [0, 0.05) is 23.9 Å². The standard InChI is InChI=1S/C9H13NO2S/c1-12-9-3-2-8(13-9)6-4-10-5-7(6)11/h2-3,6-7,10-11H,4-5H2,1H3/t6-,7-/m1/s1. The number of aliphatic hydroxyl groups is 1. The molecule has 1 aromatic rings. The zero-order valence-electron chi connectivity index (χ0n) is 7.49. The van der Waals surface area contributed by atoms with Gasteiger partial charge in [0.15, 0.2) is 5.06 Å². The highest BCUT2D eigenvalue weighted by Crippen LogP contribution is 2.33. The molecule has 13 heavy (non-hydrogen) atoms. The van der Waals surface area contributed by atoms with Gasteiger partial charge in [0.05, 0.1) is 13.2 Å². The highest BCUT2D eigenvalue weighted by atomic mass is 32.1. The first-order chi connectivity index (χ1) is 6.31. The number of thiophene rings is 1. The lowest BCUT2D eigenvalue weighted by Gasteiger charge is -2.09. The summed E-state index contributed by atoms with van der Waals surface area (Å²) in [7, 11) is 1.67. The first kappa shape index (κ1) is 8.99. The van der Waals surface area contributed by atoms with Gasteiger partial charge in [-0.3, -0.25) is 0 Å². The number of nitrogens with one attached hydrogen (secondary N) is 1. The molecule has 2 rings (SSSR count). The van der Waals surface area contributed by atoms with Gasteiger partial charge < -0.3 is 15.2 Å². The summed E-state index contributed by atoms with van der Waals surface area (Å²) in [6, 6.07) is 3.98. The molecule has 0 spiro atoms. The molecule has 0 radical (unpaired) electrons. The summed E-state index contributed by atoms with van der Waals surface area (Å²) in [5.41, 5.74) is 0. The van der Waals surface area contributed by atoms with E-state index in [1.54, 1.807) is 18.4 Å². The fourth-order valence-corrected chi connectivity index (χ4v) is 2.58. The predicted octanol–water partition coefficient (Wildman–Crippen LogP) is 0.804. The highest BCUT2D eigenvalue weighted by Gasteiger charge is 2.27. The molecule has 1 aliphatic heterocycles. The Morgan fingerprint density at radius 3 is 2.92 bits per heavy atom. The van der Waals surface area contributed by atoms with Gasteiger partial charge in [-0.1, -0.05) is 0 Å². The molecular weight excluding hydrogens is 186 g/mol. The van der Waals surface area contributed by atoms with Gasteiger partial charge >= 0.3 is 0 Å². The summed E-state index contributed by atoms with van der Waals surface area (Å²) in [4.78, 5) is 1.20. The van der Waals surface area contributed by atoms with Crippen LogP contribution in [-0.4, -0.2) is 31.4 Å². The van der Waals surface area contributed by atoms with Crippen LogP contribution in [0.3, 0.4) is 0 Å². The number of ether oxygens (including phenoxy) is 1. The van der Waals surface area contributed by atoms with Gasteiger partial charge in [0.25, 0.3) is 0 Å². The minimum absolute atomic E-state index is 0.244. The number of rotatable bonds is 2. The molecule has 0 amide bonds. The van der Waals surface area contributed by atoms with E-state index < -0.39 is 0 Å². The van der Waals surface area contributed by atoms with Crippen LogP contribution < -0.4 is 10.1 Å². The zero-order chi connectivity index (χ0) is 9.26. The lowest BCUT2D eigenvalue weighted by molar-refractivity contribution is 0.179.